The molecule has 0 amide bonds. The van der Waals surface area contributed by atoms with E-state index in [1.165, 1.54) is 16.3 Å². The van der Waals surface area contributed by atoms with Gasteiger partial charge >= 0.3 is 0 Å². The summed E-state index contributed by atoms with van der Waals surface area (Å²) in [6, 6.07) is 25.6. The smallest absolute Gasteiger partial charge is 0.0979 e. The van der Waals surface area contributed by atoms with Crippen LogP contribution < -0.4 is 0 Å². The molecule has 1 heterocycles. The van der Waals surface area contributed by atoms with Crippen LogP contribution in [0.25, 0.3) is 43.8 Å². The zero-order valence-corrected chi connectivity index (χ0v) is 15.5. The molecule has 1 aromatic heterocycles. The lowest BCUT2D eigenvalue weighted by Gasteiger charge is -2.11. The Morgan fingerprint density at radius 2 is 1.19 bits per heavy atom. The van der Waals surface area contributed by atoms with Gasteiger partial charge in [-0.2, -0.15) is 0 Å². The van der Waals surface area contributed by atoms with E-state index in [0.717, 1.165) is 33.1 Å². The van der Waals surface area contributed by atoms with Gasteiger partial charge in [0.15, 0.2) is 0 Å². The van der Waals surface area contributed by atoms with Crippen molar-refractivity contribution in [3.63, 3.8) is 0 Å². The fourth-order valence-corrected chi connectivity index (χ4v) is 3.80. The van der Waals surface area contributed by atoms with Crippen molar-refractivity contribution in [3.05, 3.63) is 84.6 Å². The maximum Gasteiger partial charge on any atom is 0.0979 e. The molecule has 0 aliphatic carbocycles. The third-order valence-corrected chi connectivity index (χ3v) is 5.30. The van der Waals surface area contributed by atoms with Gasteiger partial charge in [0.2, 0.25) is 0 Å². The Bertz CT molecular complexity index is 1250. The summed E-state index contributed by atoms with van der Waals surface area (Å²) in [7, 11) is 0. The van der Waals surface area contributed by atoms with Crippen LogP contribution in [0.4, 0.5) is 0 Å². The topological polar surface area (TPSA) is 25.8 Å². The third-order valence-electron chi connectivity index (χ3n) is 5.30. The number of nitrogens with zero attached hydrogens (tertiary/aromatic N) is 2. The summed E-state index contributed by atoms with van der Waals surface area (Å²) in [6.45, 7) is 4.42. The van der Waals surface area contributed by atoms with Crippen molar-refractivity contribution in [2.45, 2.75) is 19.8 Å². The molecule has 0 saturated heterocycles. The van der Waals surface area contributed by atoms with Crippen molar-refractivity contribution in [1.82, 2.24) is 9.97 Å². The summed E-state index contributed by atoms with van der Waals surface area (Å²) in [5, 5.41) is 4.76. The summed E-state index contributed by atoms with van der Waals surface area (Å²) in [6.07, 6.45) is 1.90. The number of rotatable bonds is 2. The van der Waals surface area contributed by atoms with Crippen LogP contribution in [0.1, 0.15) is 25.3 Å². The minimum atomic E-state index is 0.525. The predicted molar refractivity (Wildman–Crippen MR) is 114 cm³/mol. The Morgan fingerprint density at radius 3 is 1.78 bits per heavy atom. The van der Waals surface area contributed by atoms with Gasteiger partial charge in [-0.15, -0.1) is 0 Å². The zero-order valence-electron chi connectivity index (χ0n) is 15.5. The van der Waals surface area contributed by atoms with Crippen LogP contribution in [-0.4, -0.2) is 9.97 Å². The predicted octanol–water partition coefficient (Wildman–Crippen LogP) is 6.73. The average Bonchev–Trinajstić information content (AvgIpc) is 2.73. The normalized spacial score (nSPS) is 11.7. The first-order chi connectivity index (χ1) is 13.2. The highest BCUT2D eigenvalue weighted by Gasteiger charge is 2.12. The van der Waals surface area contributed by atoms with E-state index in [1.54, 1.807) is 0 Å². The van der Waals surface area contributed by atoms with E-state index in [0.29, 0.717) is 5.92 Å². The molecular weight excluding hydrogens is 328 g/mol. The number of benzene rings is 4. The quantitative estimate of drug-likeness (QED) is 0.331. The van der Waals surface area contributed by atoms with Crippen LogP contribution in [-0.2, 0) is 0 Å². The van der Waals surface area contributed by atoms with Crippen LogP contribution >= 0.6 is 0 Å². The van der Waals surface area contributed by atoms with E-state index in [2.05, 4.69) is 86.6 Å². The van der Waals surface area contributed by atoms with E-state index in [4.69, 9.17) is 9.97 Å². The maximum absolute atomic E-state index is 5.04. The van der Waals surface area contributed by atoms with Gasteiger partial charge in [0.25, 0.3) is 0 Å². The van der Waals surface area contributed by atoms with Gasteiger partial charge in [0.1, 0.15) is 0 Å². The lowest BCUT2D eigenvalue weighted by molar-refractivity contribution is 0.867. The molecule has 0 saturated carbocycles. The molecule has 0 fully saturated rings. The molecule has 0 radical (unpaired) electrons. The second-order valence-corrected chi connectivity index (χ2v) is 7.32. The number of hydrogen-bond acceptors (Lipinski definition) is 2. The minimum absolute atomic E-state index is 0.525. The van der Waals surface area contributed by atoms with Crippen molar-refractivity contribution < 1.29 is 0 Å². The highest BCUT2D eigenvalue weighted by Crippen LogP contribution is 2.34. The lowest BCUT2D eigenvalue weighted by Crippen LogP contribution is -1.93. The first kappa shape index (κ1) is 16.0. The zero-order chi connectivity index (χ0) is 18.4. The molecular formula is C25H20N2. The van der Waals surface area contributed by atoms with Gasteiger partial charge in [0, 0.05) is 16.3 Å². The molecule has 5 aromatic rings. The molecule has 2 heteroatoms. The van der Waals surface area contributed by atoms with E-state index < -0.39 is 0 Å². The van der Waals surface area contributed by atoms with Gasteiger partial charge in [-0.25, -0.2) is 4.98 Å². The van der Waals surface area contributed by atoms with Crippen LogP contribution in [0, 0.1) is 0 Å². The molecule has 0 N–H and O–H groups in total. The molecule has 0 aliphatic rings. The van der Waals surface area contributed by atoms with Gasteiger partial charge in [-0.05, 0) is 22.3 Å². The maximum atomic E-state index is 5.04. The minimum Gasteiger partial charge on any atom is -0.252 e. The number of hydrogen-bond donors (Lipinski definition) is 0. The van der Waals surface area contributed by atoms with Crippen LogP contribution in [0.2, 0.25) is 0 Å². The molecule has 5 rings (SSSR count). The van der Waals surface area contributed by atoms with E-state index in [-0.39, 0.29) is 0 Å². The van der Waals surface area contributed by atoms with Crippen molar-refractivity contribution in [2.75, 3.05) is 0 Å². The second kappa shape index (κ2) is 6.17. The SMILES string of the molecule is CC(C)c1ccc(-c2cnc3c4ccccc4c4ccccc4c3n2)cc1. The van der Waals surface area contributed by atoms with Crippen LogP contribution in [0.5, 0.6) is 0 Å². The summed E-state index contributed by atoms with van der Waals surface area (Å²) in [5.41, 5.74) is 5.29. The van der Waals surface area contributed by atoms with Gasteiger partial charge < -0.3 is 0 Å². The van der Waals surface area contributed by atoms with Crippen molar-refractivity contribution in [2.24, 2.45) is 0 Å². The average molecular weight is 348 g/mol. The Labute approximate surface area is 158 Å². The summed E-state index contributed by atoms with van der Waals surface area (Å²) in [4.78, 5) is 9.87. The van der Waals surface area contributed by atoms with Gasteiger partial charge in [-0.3, -0.25) is 4.98 Å². The van der Waals surface area contributed by atoms with E-state index in [9.17, 15) is 0 Å². The fourth-order valence-electron chi connectivity index (χ4n) is 3.80. The molecule has 130 valence electrons. The Kier molecular flexibility index (Phi) is 3.64. The Hall–Kier alpha value is -3.26. The summed E-state index contributed by atoms with van der Waals surface area (Å²) < 4.78 is 0. The third kappa shape index (κ3) is 2.57. The van der Waals surface area contributed by atoms with Crippen LogP contribution in [0.15, 0.2) is 79.0 Å². The largest absolute Gasteiger partial charge is 0.252 e. The molecule has 0 unspecified atom stereocenters. The highest BCUT2D eigenvalue weighted by atomic mass is 14.8. The van der Waals surface area contributed by atoms with Gasteiger partial charge in [-0.1, -0.05) is 86.6 Å². The lowest BCUT2D eigenvalue weighted by atomic mass is 9.99. The molecule has 27 heavy (non-hydrogen) atoms. The van der Waals surface area contributed by atoms with Crippen LogP contribution in [0.3, 0.4) is 0 Å². The Morgan fingerprint density at radius 1 is 0.630 bits per heavy atom. The number of fused-ring (bicyclic) bond motifs is 6. The van der Waals surface area contributed by atoms with Crippen molar-refractivity contribution in [1.29, 1.82) is 0 Å². The second-order valence-electron chi connectivity index (χ2n) is 7.32. The molecule has 4 aromatic carbocycles. The molecule has 0 bridgehead atoms. The van der Waals surface area contributed by atoms with Gasteiger partial charge in [0.05, 0.1) is 22.9 Å². The monoisotopic (exact) mass is 348 g/mol. The Balaban J connectivity index is 1.81. The molecule has 0 aliphatic heterocycles. The van der Waals surface area contributed by atoms with E-state index in [1.807, 2.05) is 6.20 Å². The van der Waals surface area contributed by atoms with E-state index >= 15 is 0 Å². The summed E-state index contributed by atoms with van der Waals surface area (Å²) >= 11 is 0. The standard InChI is InChI=1S/C25H20N2/c1-16(2)17-11-13-18(14-12-17)23-15-26-24-21-9-5-3-7-19(21)20-8-4-6-10-22(20)25(24)27-23/h3-16H,1-2H3. The van der Waals surface area contributed by atoms with Crippen molar-refractivity contribution >= 4 is 32.6 Å². The highest BCUT2D eigenvalue weighted by molar-refractivity contribution is 6.23. The van der Waals surface area contributed by atoms with Crippen molar-refractivity contribution in [3.8, 4) is 11.3 Å². The molecule has 0 spiro atoms. The first-order valence-electron chi connectivity index (χ1n) is 9.39. The fraction of sp³-hybridized carbons (Fsp3) is 0.120. The molecule has 2 nitrogen and oxygen atoms in total. The molecule has 0 atom stereocenters. The summed E-state index contributed by atoms with van der Waals surface area (Å²) in [5.74, 6) is 0.525. The first-order valence-corrected chi connectivity index (χ1v) is 9.39. The number of aromatic nitrogens is 2.